The highest BCUT2D eigenvalue weighted by molar-refractivity contribution is 6.12. The van der Waals surface area contributed by atoms with Crippen molar-refractivity contribution in [2.24, 2.45) is 5.92 Å². The summed E-state index contributed by atoms with van der Waals surface area (Å²) in [5, 5.41) is 5.12. The first kappa shape index (κ1) is 21.9. The molecule has 0 saturated carbocycles. The molecule has 0 bridgehead atoms. The van der Waals surface area contributed by atoms with E-state index in [1.54, 1.807) is 0 Å². The number of nitrogen functional groups attached to an aromatic ring is 1. The molecule has 2 atom stereocenters. The molecule has 4 aromatic carbocycles. The van der Waals surface area contributed by atoms with E-state index in [-0.39, 0.29) is 0 Å². The Labute approximate surface area is 207 Å². The van der Waals surface area contributed by atoms with Crippen LogP contribution in [0.5, 0.6) is 0 Å². The molecule has 35 heavy (non-hydrogen) atoms. The predicted octanol–water partition coefficient (Wildman–Crippen LogP) is 8.52. The Morgan fingerprint density at radius 3 is 2.43 bits per heavy atom. The topological polar surface area (TPSA) is 38.9 Å². The van der Waals surface area contributed by atoms with E-state index in [1.165, 1.54) is 64.1 Å². The molecule has 174 valence electrons. The number of benzene rings is 4. The first-order valence-electron chi connectivity index (χ1n) is 13.0. The minimum absolute atomic E-state index is 0.375. The monoisotopic (exact) mass is 456 g/mol. The van der Waals surface area contributed by atoms with Crippen molar-refractivity contribution in [3.63, 3.8) is 0 Å². The van der Waals surface area contributed by atoms with Crippen LogP contribution < -0.4 is 5.73 Å². The normalized spacial score (nSPS) is 17.5. The van der Waals surface area contributed by atoms with Crippen LogP contribution in [0.25, 0.3) is 32.8 Å². The van der Waals surface area contributed by atoms with Crippen LogP contribution >= 0.6 is 0 Å². The van der Waals surface area contributed by atoms with Gasteiger partial charge in [-0.25, -0.2) is 0 Å². The maximum absolute atomic E-state index is 6.33. The fourth-order valence-corrected chi connectivity index (χ4v) is 6.23. The Kier molecular flexibility index (Phi) is 5.74. The van der Waals surface area contributed by atoms with Gasteiger partial charge >= 0.3 is 0 Å². The average molecular weight is 457 g/mol. The van der Waals surface area contributed by atoms with Gasteiger partial charge in [0.2, 0.25) is 0 Å². The Balaban J connectivity index is 1.56. The highest BCUT2D eigenvalue weighted by atomic mass is 14.7. The summed E-state index contributed by atoms with van der Waals surface area (Å²) in [4.78, 5) is 4.71. The van der Waals surface area contributed by atoms with Gasteiger partial charge < -0.3 is 5.73 Å². The summed E-state index contributed by atoms with van der Waals surface area (Å²) in [5.74, 6) is 1.06. The molecule has 0 amide bonds. The van der Waals surface area contributed by atoms with Gasteiger partial charge in [-0.15, -0.1) is 0 Å². The summed E-state index contributed by atoms with van der Waals surface area (Å²) in [6.45, 7) is 2.30. The van der Waals surface area contributed by atoms with Crippen LogP contribution in [0, 0.1) is 5.92 Å². The summed E-state index contributed by atoms with van der Waals surface area (Å²) in [6.07, 6.45) is 8.08. The van der Waals surface area contributed by atoms with Crippen LogP contribution in [0.15, 0.2) is 91.1 Å². The van der Waals surface area contributed by atoms with Gasteiger partial charge in [-0.1, -0.05) is 92.9 Å². The highest BCUT2D eigenvalue weighted by Gasteiger charge is 2.30. The Bertz CT molecular complexity index is 1500. The molecule has 2 heteroatoms. The van der Waals surface area contributed by atoms with E-state index in [9.17, 15) is 0 Å². The number of rotatable bonds is 5. The lowest BCUT2D eigenvalue weighted by atomic mass is 9.70. The van der Waals surface area contributed by atoms with E-state index >= 15 is 0 Å². The van der Waals surface area contributed by atoms with Gasteiger partial charge in [-0.05, 0) is 69.8 Å². The second-order valence-corrected chi connectivity index (χ2v) is 10.0. The lowest BCUT2D eigenvalue weighted by molar-refractivity contribution is 0.391. The standard InChI is InChI=1S/C33H32N2/c1-2-3-9-22-20-30(24-10-4-5-11-29(24)33-14-6-7-19-35-33)27-16-15-25-23-12-8-13-32(34)28(23)18-17-26(25)31(27)21-22/h4-8,10-19,22,30H,2-3,9,20-21,34H2,1H3. The first-order valence-corrected chi connectivity index (χ1v) is 13.0. The molecule has 2 N–H and O–H groups in total. The molecule has 5 aromatic rings. The van der Waals surface area contributed by atoms with Crippen molar-refractivity contribution in [2.45, 2.75) is 44.9 Å². The predicted molar refractivity (Wildman–Crippen MR) is 149 cm³/mol. The smallest absolute Gasteiger partial charge is 0.0704 e. The minimum Gasteiger partial charge on any atom is -0.398 e. The molecule has 0 fully saturated rings. The lowest BCUT2D eigenvalue weighted by Crippen LogP contribution is -2.20. The van der Waals surface area contributed by atoms with Gasteiger partial charge in [-0.3, -0.25) is 4.98 Å². The van der Waals surface area contributed by atoms with Gasteiger partial charge in [0.1, 0.15) is 0 Å². The lowest BCUT2D eigenvalue weighted by Gasteiger charge is -2.34. The van der Waals surface area contributed by atoms with Crippen molar-refractivity contribution < 1.29 is 0 Å². The van der Waals surface area contributed by atoms with E-state index in [4.69, 9.17) is 10.7 Å². The number of unbranched alkanes of at least 4 members (excludes halogenated alkanes) is 1. The van der Waals surface area contributed by atoms with E-state index in [2.05, 4.69) is 79.7 Å². The molecule has 1 aliphatic rings. The van der Waals surface area contributed by atoms with Crippen molar-refractivity contribution in [3.8, 4) is 11.3 Å². The molecular formula is C33H32N2. The van der Waals surface area contributed by atoms with E-state index in [0.717, 1.165) is 23.2 Å². The maximum atomic E-state index is 6.33. The van der Waals surface area contributed by atoms with Crippen molar-refractivity contribution >= 4 is 27.2 Å². The summed E-state index contributed by atoms with van der Waals surface area (Å²) >= 11 is 0. The average Bonchev–Trinajstić information content (AvgIpc) is 2.91. The third-order valence-corrected chi connectivity index (χ3v) is 7.92. The zero-order valence-electron chi connectivity index (χ0n) is 20.4. The van der Waals surface area contributed by atoms with Gasteiger partial charge in [0.15, 0.2) is 0 Å². The molecule has 6 rings (SSSR count). The fourth-order valence-electron chi connectivity index (χ4n) is 6.23. The summed E-state index contributed by atoms with van der Waals surface area (Å²) < 4.78 is 0. The van der Waals surface area contributed by atoms with E-state index in [0.29, 0.717) is 11.8 Å². The number of aromatic nitrogens is 1. The number of nitrogens with two attached hydrogens (primary N) is 1. The van der Waals surface area contributed by atoms with Crippen LogP contribution in [0.2, 0.25) is 0 Å². The molecule has 0 aliphatic heterocycles. The van der Waals surface area contributed by atoms with E-state index in [1.807, 2.05) is 18.3 Å². The third kappa shape index (κ3) is 3.87. The largest absolute Gasteiger partial charge is 0.398 e. The molecule has 2 nitrogen and oxygen atoms in total. The van der Waals surface area contributed by atoms with Crippen LogP contribution in [-0.2, 0) is 6.42 Å². The first-order chi connectivity index (χ1) is 17.2. The Hall–Kier alpha value is -3.65. The van der Waals surface area contributed by atoms with Crippen LogP contribution in [0.4, 0.5) is 5.69 Å². The number of fused-ring (bicyclic) bond motifs is 5. The third-order valence-electron chi connectivity index (χ3n) is 7.92. The van der Waals surface area contributed by atoms with Crippen LogP contribution in [0.1, 0.15) is 55.2 Å². The SMILES string of the molecule is CCCCC1Cc2c(ccc3c2ccc2c(N)cccc23)C(c2ccccc2-c2ccccn2)C1. The quantitative estimate of drug-likeness (QED) is 0.213. The summed E-state index contributed by atoms with van der Waals surface area (Å²) in [6, 6.07) is 30.7. The van der Waals surface area contributed by atoms with E-state index < -0.39 is 0 Å². The Morgan fingerprint density at radius 1 is 0.771 bits per heavy atom. The number of pyridine rings is 1. The molecule has 0 saturated heterocycles. The molecule has 2 unspecified atom stereocenters. The molecule has 1 aliphatic carbocycles. The second kappa shape index (κ2) is 9.19. The second-order valence-electron chi connectivity index (χ2n) is 10.0. The van der Waals surface area contributed by atoms with Gasteiger partial charge in [-0.2, -0.15) is 0 Å². The minimum atomic E-state index is 0.375. The van der Waals surface area contributed by atoms with Gasteiger partial charge in [0.05, 0.1) is 5.69 Å². The Morgan fingerprint density at radius 2 is 1.57 bits per heavy atom. The number of nitrogens with zero attached hydrogens (tertiary/aromatic N) is 1. The number of anilines is 1. The molecule has 1 aromatic heterocycles. The number of hydrogen-bond donors (Lipinski definition) is 1. The fraction of sp³-hybridized carbons (Fsp3) is 0.242. The molecule has 0 spiro atoms. The van der Waals surface area contributed by atoms with Crippen molar-refractivity contribution in [1.82, 2.24) is 4.98 Å². The molecule has 0 radical (unpaired) electrons. The van der Waals surface area contributed by atoms with Gasteiger partial charge in [0.25, 0.3) is 0 Å². The molecule has 1 heterocycles. The van der Waals surface area contributed by atoms with Crippen molar-refractivity contribution in [1.29, 1.82) is 0 Å². The van der Waals surface area contributed by atoms with Crippen molar-refractivity contribution in [2.75, 3.05) is 5.73 Å². The number of hydrogen-bond acceptors (Lipinski definition) is 2. The summed E-state index contributed by atoms with van der Waals surface area (Å²) in [7, 11) is 0. The highest BCUT2D eigenvalue weighted by Crippen LogP contribution is 2.46. The zero-order chi connectivity index (χ0) is 23.8. The van der Waals surface area contributed by atoms with Crippen LogP contribution in [0.3, 0.4) is 0 Å². The summed E-state index contributed by atoms with van der Waals surface area (Å²) in [5.41, 5.74) is 13.9. The molecular weight excluding hydrogens is 424 g/mol. The maximum Gasteiger partial charge on any atom is 0.0704 e. The van der Waals surface area contributed by atoms with Gasteiger partial charge in [0, 0.05) is 28.8 Å². The van der Waals surface area contributed by atoms with Crippen LogP contribution in [-0.4, -0.2) is 4.98 Å². The zero-order valence-corrected chi connectivity index (χ0v) is 20.4. The van der Waals surface area contributed by atoms with Crippen molar-refractivity contribution in [3.05, 3.63) is 108 Å².